The smallest absolute Gasteiger partial charge is 0.207 e. The predicted octanol–water partition coefficient (Wildman–Crippen LogP) is 3.94. The number of piperidine rings is 1. The van der Waals surface area contributed by atoms with Gasteiger partial charge in [-0.2, -0.15) is 4.31 Å². The Hall–Kier alpha value is -1.91. The number of hydrogen-bond acceptors (Lipinski definition) is 2. The van der Waals surface area contributed by atoms with Gasteiger partial charge in [0, 0.05) is 6.54 Å². The molecule has 1 saturated heterocycles. The third-order valence-electron chi connectivity index (χ3n) is 4.35. The highest BCUT2D eigenvalue weighted by Gasteiger charge is 2.35. The van der Waals surface area contributed by atoms with Gasteiger partial charge in [0.15, 0.2) is 0 Å². The normalized spacial score (nSPS) is 19.4. The Bertz CT molecular complexity index is 770. The van der Waals surface area contributed by atoms with Crippen LogP contribution in [-0.2, 0) is 10.0 Å². The molecule has 1 heterocycles. The fraction of sp³-hybridized carbons (Fsp3) is 0.263. The van der Waals surface area contributed by atoms with Crippen molar-refractivity contribution in [2.45, 2.75) is 30.2 Å². The number of sulfonamides is 1. The summed E-state index contributed by atoms with van der Waals surface area (Å²) in [5.74, 6) is 0. The fourth-order valence-corrected chi connectivity index (χ4v) is 4.82. The van der Waals surface area contributed by atoms with Crippen LogP contribution in [0.5, 0.6) is 0 Å². The second-order valence-corrected chi connectivity index (χ2v) is 7.72. The van der Waals surface area contributed by atoms with E-state index >= 15 is 0 Å². The van der Waals surface area contributed by atoms with Gasteiger partial charge >= 0.3 is 0 Å². The SMILES string of the molecule is C=C(c1ccccc1)[C@@H]1CCCCN1S(=O)(=O)c1ccccc1. The first kappa shape index (κ1) is 16.0. The van der Waals surface area contributed by atoms with Crippen molar-refractivity contribution >= 4 is 15.6 Å². The first-order chi connectivity index (χ1) is 11.1. The molecule has 0 radical (unpaired) electrons. The Labute approximate surface area is 138 Å². The molecule has 0 N–H and O–H groups in total. The third kappa shape index (κ3) is 3.23. The van der Waals surface area contributed by atoms with E-state index in [4.69, 9.17) is 0 Å². The van der Waals surface area contributed by atoms with Crippen molar-refractivity contribution in [1.29, 1.82) is 0 Å². The zero-order chi connectivity index (χ0) is 16.3. The first-order valence-electron chi connectivity index (χ1n) is 7.92. The topological polar surface area (TPSA) is 37.4 Å². The van der Waals surface area contributed by atoms with Gasteiger partial charge in [-0.15, -0.1) is 0 Å². The maximum Gasteiger partial charge on any atom is 0.243 e. The summed E-state index contributed by atoms with van der Waals surface area (Å²) < 4.78 is 27.7. The lowest BCUT2D eigenvalue weighted by molar-refractivity contribution is 0.299. The Balaban J connectivity index is 1.95. The highest BCUT2D eigenvalue weighted by Crippen LogP contribution is 2.32. The molecule has 0 aromatic heterocycles. The van der Waals surface area contributed by atoms with E-state index in [1.165, 1.54) is 0 Å². The Morgan fingerprint density at radius 2 is 1.57 bits per heavy atom. The summed E-state index contributed by atoms with van der Waals surface area (Å²) in [5, 5.41) is 0. The molecule has 0 amide bonds. The maximum atomic E-state index is 13.0. The molecular formula is C19H21NO2S. The Morgan fingerprint density at radius 1 is 0.957 bits per heavy atom. The van der Waals surface area contributed by atoms with E-state index in [1.54, 1.807) is 28.6 Å². The van der Waals surface area contributed by atoms with Gasteiger partial charge in [0.25, 0.3) is 0 Å². The van der Waals surface area contributed by atoms with Crippen molar-refractivity contribution in [3.05, 3.63) is 72.8 Å². The average Bonchev–Trinajstić information content (AvgIpc) is 2.62. The van der Waals surface area contributed by atoms with Gasteiger partial charge in [0.1, 0.15) is 0 Å². The van der Waals surface area contributed by atoms with Gasteiger partial charge in [-0.1, -0.05) is 61.5 Å². The van der Waals surface area contributed by atoms with Crippen molar-refractivity contribution in [2.24, 2.45) is 0 Å². The standard InChI is InChI=1S/C19H21NO2S/c1-16(17-10-4-2-5-11-17)19-14-8-9-15-20(19)23(21,22)18-12-6-3-7-13-18/h2-7,10-13,19H,1,8-9,14-15H2/t19-/m0/s1. The summed E-state index contributed by atoms with van der Waals surface area (Å²) in [4.78, 5) is 0.354. The number of rotatable bonds is 4. The maximum absolute atomic E-state index is 13.0. The van der Waals surface area contributed by atoms with Crippen LogP contribution in [0.1, 0.15) is 24.8 Å². The zero-order valence-corrected chi connectivity index (χ0v) is 13.9. The number of nitrogens with zero attached hydrogens (tertiary/aromatic N) is 1. The minimum Gasteiger partial charge on any atom is -0.207 e. The van der Waals surface area contributed by atoms with Crippen LogP contribution in [0.3, 0.4) is 0 Å². The number of hydrogen-bond donors (Lipinski definition) is 0. The van der Waals surface area contributed by atoms with Crippen LogP contribution in [0.15, 0.2) is 72.1 Å². The molecule has 3 rings (SSSR count). The molecule has 1 aliphatic heterocycles. The van der Waals surface area contributed by atoms with Gasteiger partial charge in [0.05, 0.1) is 10.9 Å². The molecule has 0 bridgehead atoms. The summed E-state index contributed by atoms with van der Waals surface area (Å²) in [6.07, 6.45) is 2.74. The summed E-state index contributed by atoms with van der Waals surface area (Å²) in [6, 6.07) is 18.4. The minimum atomic E-state index is -3.49. The Morgan fingerprint density at radius 3 is 2.22 bits per heavy atom. The van der Waals surface area contributed by atoms with E-state index in [-0.39, 0.29) is 6.04 Å². The van der Waals surface area contributed by atoms with Crippen LogP contribution >= 0.6 is 0 Å². The molecule has 23 heavy (non-hydrogen) atoms. The van der Waals surface area contributed by atoms with E-state index in [0.29, 0.717) is 11.4 Å². The van der Waals surface area contributed by atoms with Crippen LogP contribution in [0.4, 0.5) is 0 Å². The highest BCUT2D eigenvalue weighted by atomic mass is 32.2. The Kier molecular flexibility index (Phi) is 4.64. The summed E-state index contributed by atoms with van der Waals surface area (Å²) in [7, 11) is -3.49. The molecule has 0 saturated carbocycles. The largest absolute Gasteiger partial charge is 0.243 e. The molecule has 1 fully saturated rings. The van der Waals surface area contributed by atoms with E-state index in [0.717, 1.165) is 30.4 Å². The van der Waals surface area contributed by atoms with E-state index in [9.17, 15) is 8.42 Å². The van der Waals surface area contributed by atoms with Gasteiger partial charge in [-0.3, -0.25) is 0 Å². The average molecular weight is 327 g/mol. The fourth-order valence-electron chi connectivity index (χ4n) is 3.11. The quantitative estimate of drug-likeness (QED) is 0.853. The second kappa shape index (κ2) is 6.69. The molecular weight excluding hydrogens is 306 g/mol. The van der Waals surface area contributed by atoms with Gasteiger partial charge in [0.2, 0.25) is 10.0 Å². The van der Waals surface area contributed by atoms with E-state index in [2.05, 4.69) is 6.58 Å². The molecule has 1 aliphatic rings. The van der Waals surface area contributed by atoms with Gasteiger partial charge < -0.3 is 0 Å². The second-order valence-electron chi connectivity index (χ2n) is 5.83. The van der Waals surface area contributed by atoms with Crippen LogP contribution < -0.4 is 0 Å². The lowest BCUT2D eigenvalue weighted by Gasteiger charge is -2.36. The summed E-state index contributed by atoms with van der Waals surface area (Å²) in [5.41, 5.74) is 1.89. The molecule has 0 unspecified atom stereocenters. The monoisotopic (exact) mass is 327 g/mol. The highest BCUT2D eigenvalue weighted by molar-refractivity contribution is 7.89. The van der Waals surface area contributed by atoms with E-state index in [1.807, 2.05) is 36.4 Å². The lowest BCUT2D eigenvalue weighted by atomic mass is 9.93. The van der Waals surface area contributed by atoms with Crippen molar-refractivity contribution in [3.8, 4) is 0 Å². The molecule has 1 atom stereocenters. The molecule has 4 heteroatoms. The van der Waals surface area contributed by atoms with Crippen LogP contribution in [0.2, 0.25) is 0 Å². The van der Waals surface area contributed by atoms with Crippen molar-refractivity contribution < 1.29 is 8.42 Å². The van der Waals surface area contributed by atoms with Crippen molar-refractivity contribution in [2.75, 3.05) is 6.54 Å². The molecule has 120 valence electrons. The summed E-state index contributed by atoms with van der Waals surface area (Å²) >= 11 is 0. The third-order valence-corrected chi connectivity index (χ3v) is 6.27. The van der Waals surface area contributed by atoms with Crippen LogP contribution in [0, 0.1) is 0 Å². The predicted molar refractivity (Wildman–Crippen MR) is 93.4 cm³/mol. The molecule has 0 aliphatic carbocycles. The lowest BCUT2D eigenvalue weighted by Crippen LogP contribution is -2.44. The molecule has 2 aromatic rings. The van der Waals surface area contributed by atoms with Crippen molar-refractivity contribution in [1.82, 2.24) is 4.31 Å². The van der Waals surface area contributed by atoms with Crippen molar-refractivity contribution in [3.63, 3.8) is 0 Å². The number of benzene rings is 2. The minimum absolute atomic E-state index is 0.170. The summed E-state index contributed by atoms with van der Waals surface area (Å²) in [6.45, 7) is 4.75. The van der Waals surface area contributed by atoms with Gasteiger partial charge in [-0.05, 0) is 36.1 Å². The van der Waals surface area contributed by atoms with Crippen LogP contribution in [0.25, 0.3) is 5.57 Å². The molecule has 0 spiro atoms. The molecule has 2 aromatic carbocycles. The van der Waals surface area contributed by atoms with E-state index < -0.39 is 10.0 Å². The zero-order valence-electron chi connectivity index (χ0n) is 13.1. The molecule has 3 nitrogen and oxygen atoms in total. The first-order valence-corrected chi connectivity index (χ1v) is 9.36. The van der Waals surface area contributed by atoms with Crippen LogP contribution in [-0.4, -0.2) is 25.3 Å². The van der Waals surface area contributed by atoms with Gasteiger partial charge in [-0.25, -0.2) is 8.42 Å².